The van der Waals surface area contributed by atoms with Gasteiger partial charge in [-0.1, -0.05) is 130 Å². The molecule has 2 saturated carbocycles. The SMILES string of the molecule is CC[C@H](C)[C@@H]([C@@H](CC(=O)N1CCC[C@H]1[C@H](OC)[C@@H](C)C(=O)N[C@H](C)[C@@H](O)c1ccccc1)OC)N(C)C(=O)[C@@H](NC(=O)[C@H](C(C)C)N(C)C(=O)OCc1ccc(NC(=O)[C@H](CCCNC(N)=O)NC(=O)[C@@H](NC(=O)CCCC(=O)NC2CC3CCCC3C2)C(C)C)cc1)C(C)C. The number of benzene rings is 2. The van der Waals surface area contributed by atoms with Crippen LogP contribution in [-0.4, -0.2) is 181 Å². The van der Waals surface area contributed by atoms with Crippen molar-refractivity contribution in [2.24, 2.45) is 47.2 Å². The Morgan fingerprint density at radius 2 is 1.32 bits per heavy atom. The molecule has 2 aliphatic carbocycles. The Morgan fingerprint density at radius 1 is 0.688 bits per heavy atom. The van der Waals surface area contributed by atoms with Crippen molar-refractivity contribution in [3.05, 3.63) is 65.7 Å². The minimum atomic E-state index is -1.10. The fourth-order valence-corrected chi connectivity index (χ4v) is 14.1. The first kappa shape index (κ1) is 79.3. The molecule has 1 saturated heterocycles. The maximum atomic E-state index is 14.8. The van der Waals surface area contributed by atoms with Crippen LogP contribution in [0.1, 0.15) is 176 Å². The number of ether oxygens (including phenoxy) is 3. The first-order valence-corrected chi connectivity index (χ1v) is 34.7. The maximum Gasteiger partial charge on any atom is 0.410 e. The van der Waals surface area contributed by atoms with Gasteiger partial charge in [0.2, 0.25) is 47.3 Å². The average molecular weight is 1340 g/mol. The normalized spacial score (nSPS) is 20.2. The second kappa shape index (κ2) is 38.5. The van der Waals surface area contributed by atoms with Crippen molar-refractivity contribution in [1.29, 1.82) is 0 Å². The van der Waals surface area contributed by atoms with Gasteiger partial charge in [-0.25, -0.2) is 9.59 Å². The van der Waals surface area contributed by atoms with Crippen LogP contribution in [0.3, 0.4) is 0 Å². The van der Waals surface area contributed by atoms with Gasteiger partial charge < -0.3 is 72.1 Å². The number of methoxy groups -OCH3 is 2. The van der Waals surface area contributed by atoms with Crippen LogP contribution in [0.15, 0.2) is 54.6 Å². The molecule has 5 rings (SSSR count). The van der Waals surface area contributed by atoms with Crippen LogP contribution in [0.5, 0.6) is 0 Å². The lowest BCUT2D eigenvalue weighted by atomic mass is 9.89. The number of aliphatic hydroxyl groups is 1. The molecule has 10 N–H and O–H groups in total. The van der Waals surface area contributed by atoms with Gasteiger partial charge >= 0.3 is 12.1 Å². The molecule has 2 aromatic carbocycles. The Bertz CT molecular complexity index is 2870. The number of amides is 11. The van der Waals surface area contributed by atoms with Crippen molar-refractivity contribution in [2.45, 2.75) is 232 Å². The van der Waals surface area contributed by atoms with Crippen molar-refractivity contribution < 1.29 is 67.3 Å². The highest BCUT2D eigenvalue weighted by Gasteiger charge is 2.45. The van der Waals surface area contributed by atoms with Crippen LogP contribution in [0.4, 0.5) is 15.3 Å². The number of rotatable bonds is 37. The Morgan fingerprint density at radius 3 is 1.91 bits per heavy atom. The predicted molar refractivity (Wildman–Crippen MR) is 365 cm³/mol. The Kier molecular flexibility index (Phi) is 31.8. The summed E-state index contributed by atoms with van der Waals surface area (Å²) in [6.45, 7) is 18.5. The fraction of sp³-hybridized carbons (Fsp3) is 0.690. The van der Waals surface area contributed by atoms with Crippen LogP contribution >= 0.6 is 0 Å². The molecule has 25 nitrogen and oxygen atoms in total. The number of carbonyl (C=O) groups is 10. The molecule has 0 spiro atoms. The van der Waals surface area contributed by atoms with Gasteiger partial charge in [0.15, 0.2) is 0 Å². The van der Waals surface area contributed by atoms with Crippen molar-refractivity contribution >= 4 is 65.1 Å². The predicted octanol–water partition coefficient (Wildman–Crippen LogP) is 6.46. The van der Waals surface area contributed by atoms with E-state index >= 15 is 0 Å². The summed E-state index contributed by atoms with van der Waals surface area (Å²) in [5.41, 5.74) is 6.82. The van der Waals surface area contributed by atoms with E-state index in [-0.39, 0.29) is 80.9 Å². The van der Waals surface area contributed by atoms with Crippen LogP contribution in [0.25, 0.3) is 0 Å². The van der Waals surface area contributed by atoms with Crippen molar-refractivity contribution in [3.8, 4) is 0 Å². The molecular weight excluding hydrogens is 1230 g/mol. The van der Waals surface area contributed by atoms with Crippen LogP contribution < -0.4 is 43.0 Å². The summed E-state index contributed by atoms with van der Waals surface area (Å²) in [4.78, 5) is 141. The summed E-state index contributed by atoms with van der Waals surface area (Å²) in [7, 11) is 6.10. The molecule has 1 aliphatic heterocycles. The van der Waals surface area contributed by atoms with Gasteiger partial charge in [0.05, 0.1) is 48.8 Å². The van der Waals surface area contributed by atoms with E-state index in [0.29, 0.717) is 60.9 Å². The summed E-state index contributed by atoms with van der Waals surface area (Å²) < 4.78 is 17.8. The van der Waals surface area contributed by atoms with Gasteiger partial charge in [-0.2, -0.15) is 0 Å². The Labute approximate surface area is 568 Å². The van der Waals surface area contributed by atoms with Gasteiger partial charge in [0.1, 0.15) is 30.8 Å². The number of aliphatic hydroxyl groups excluding tert-OH is 1. The van der Waals surface area contributed by atoms with E-state index in [1.807, 2.05) is 32.0 Å². The van der Waals surface area contributed by atoms with Crippen molar-refractivity contribution in [1.82, 2.24) is 46.6 Å². The lowest BCUT2D eigenvalue weighted by molar-refractivity contribution is -0.148. The minimum absolute atomic E-state index is 0.0335. The summed E-state index contributed by atoms with van der Waals surface area (Å²) >= 11 is 0. The van der Waals surface area contributed by atoms with Gasteiger partial charge in [-0.15, -0.1) is 0 Å². The third-order valence-electron chi connectivity index (χ3n) is 19.7. The molecule has 2 aromatic rings. The van der Waals surface area contributed by atoms with E-state index in [2.05, 4.69) is 37.2 Å². The number of nitrogens with one attached hydrogen (secondary N) is 7. The molecule has 0 bridgehead atoms. The molecule has 11 amide bonds. The Balaban J connectivity index is 1.16. The number of primary amides is 1. The number of hydrogen-bond donors (Lipinski definition) is 9. The quantitative estimate of drug-likeness (QED) is 0.0328. The molecule has 3 fully saturated rings. The highest BCUT2D eigenvalue weighted by molar-refractivity contribution is 5.98. The molecule has 25 heteroatoms. The molecule has 96 heavy (non-hydrogen) atoms. The number of fused-ring (bicyclic) bond motifs is 1. The van der Waals surface area contributed by atoms with E-state index in [0.717, 1.165) is 12.8 Å². The Hall–Kier alpha value is -7.38. The smallest absolute Gasteiger partial charge is 0.410 e. The van der Waals surface area contributed by atoms with Crippen LogP contribution in [0, 0.1) is 41.4 Å². The van der Waals surface area contributed by atoms with E-state index in [1.165, 1.54) is 45.4 Å². The molecule has 0 radical (unpaired) electrons. The molecule has 3 aliphatic rings. The summed E-state index contributed by atoms with van der Waals surface area (Å²) in [5, 5.41) is 30.9. The molecule has 1 heterocycles. The lowest BCUT2D eigenvalue weighted by Gasteiger charge is -2.41. The van der Waals surface area contributed by atoms with Gasteiger partial charge in [-0.3, -0.25) is 43.3 Å². The number of urea groups is 1. The molecular formula is C71H113N11O14. The number of hydrogen-bond acceptors (Lipinski definition) is 14. The van der Waals surface area contributed by atoms with E-state index in [4.69, 9.17) is 19.9 Å². The second-order valence-electron chi connectivity index (χ2n) is 27.8. The van der Waals surface area contributed by atoms with Gasteiger partial charge in [-0.05, 0) is 111 Å². The van der Waals surface area contributed by atoms with E-state index in [1.54, 1.807) is 109 Å². The van der Waals surface area contributed by atoms with E-state index in [9.17, 15) is 53.1 Å². The van der Waals surface area contributed by atoms with Crippen LogP contribution in [-0.2, 0) is 59.2 Å². The van der Waals surface area contributed by atoms with Crippen molar-refractivity contribution in [3.63, 3.8) is 0 Å². The molecule has 536 valence electrons. The van der Waals surface area contributed by atoms with Crippen LogP contribution in [0.2, 0.25) is 0 Å². The number of nitrogens with two attached hydrogens (primary N) is 1. The number of anilines is 1. The molecule has 0 aromatic heterocycles. The number of likely N-dealkylation sites (tertiary alicyclic amines) is 1. The van der Waals surface area contributed by atoms with Gasteiger partial charge in [0.25, 0.3) is 0 Å². The third kappa shape index (κ3) is 22.9. The average Bonchev–Trinajstić information content (AvgIpc) is 1.43. The van der Waals surface area contributed by atoms with Gasteiger partial charge in [0, 0.05) is 66.0 Å². The maximum absolute atomic E-state index is 14.8. The van der Waals surface area contributed by atoms with Crippen molar-refractivity contribution in [2.75, 3.05) is 46.7 Å². The fourth-order valence-electron chi connectivity index (χ4n) is 14.1. The zero-order valence-electron chi connectivity index (χ0n) is 59.3. The van der Waals surface area contributed by atoms with E-state index < -0.39 is 120 Å². The zero-order chi connectivity index (χ0) is 71.1. The zero-order valence-corrected chi connectivity index (χ0v) is 59.3. The monoisotopic (exact) mass is 1340 g/mol. The third-order valence-corrected chi connectivity index (χ3v) is 19.7. The summed E-state index contributed by atoms with van der Waals surface area (Å²) in [5.74, 6) is -3.90. The summed E-state index contributed by atoms with van der Waals surface area (Å²) in [6, 6.07) is 9.05. The summed E-state index contributed by atoms with van der Waals surface area (Å²) in [6.07, 6.45) is 5.24. The molecule has 2 unspecified atom stereocenters. The standard InChI is InChI=1S/C71H113N11O14/c1-15-44(8)62(55(94-13)39-58(85)82-36-22-28-54(82)64(95-14)45(9)65(87)74-46(10)63(86)48-23-17-16-18-24-48)80(11)69(91)60(42(4)5)79-68(90)61(43(6)7)81(12)71(93)96-40-47-31-33-51(34-32-47)76-66(88)53(27-21-35-73-70(72)92)77-67(89)59(41(2)3)78-57(84)30-20-29-56(83)75-52-37-49-25-19-26-50(49)38-52/h16-18,23-24,31-34,41-46,49-50,52-55,59-64,86H,15,19-22,25-30,35-40H2,1-14H3,(H,74,87)(H,75,83)(H,76,88)(H,77,89)(H,78,84)(H,79,90)(H3,72,73,92)/t44-,45+,46+,49?,50?,52?,53-,54-,55+,59-,60-,61-,62-,63+,64+/m0/s1. The first-order valence-electron chi connectivity index (χ1n) is 34.7. The topological polar surface area (TPSA) is 339 Å². The second-order valence-corrected chi connectivity index (χ2v) is 27.8. The minimum Gasteiger partial charge on any atom is -0.445 e. The highest BCUT2D eigenvalue weighted by Crippen LogP contribution is 2.44. The largest absolute Gasteiger partial charge is 0.445 e. The number of carbonyl (C=O) groups excluding carboxylic acids is 10. The lowest BCUT2D eigenvalue weighted by Crippen LogP contribution is -2.60. The number of likely N-dealkylation sites (N-methyl/N-ethyl adjacent to an activating group) is 2. The highest BCUT2D eigenvalue weighted by atomic mass is 16.6. The molecule has 14 atom stereocenters. The number of nitrogens with zero attached hydrogens (tertiary/aromatic N) is 3. The first-order chi connectivity index (χ1) is 45.5.